The largest absolute Gasteiger partial charge is 0.322 e. The first-order valence-electron chi connectivity index (χ1n) is 9.98. The topological polar surface area (TPSA) is 128 Å². The zero-order valence-electron chi connectivity index (χ0n) is 17.3. The minimum Gasteiger partial charge on any atom is -0.322 e. The van der Waals surface area contributed by atoms with E-state index in [0.29, 0.717) is 22.9 Å². The summed E-state index contributed by atoms with van der Waals surface area (Å²) in [5.74, 6) is -0.0657. The van der Waals surface area contributed by atoms with Gasteiger partial charge in [0.1, 0.15) is 5.56 Å². The molecule has 0 aliphatic rings. The Morgan fingerprint density at radius 3 is 2.56 bits per heavy atom. The molecule has 3 aromatic heterocycles. The number of pyridine rings is 1. The first-order valence-corrected chi connectivity index (χ1v) is 10.4. The molecule has 0 aliphatic carbocycles. The molecule has 0 bridgehead atoms. The van der Waals surface area contributed by atoms with Crippen molar-refractivity contribution in [1.29, 1.82) is 0 Å². The van der Waals surface area contributed by atoms with E-state index in [1.807, 2.05) is 24.3 Å². The number of benzene rings is 2. The number of fused-ring (bicyclic) bond motifs is 1. The van der Waals surface area contributed by atoms with Crippen molar-refractivity contribution < 1.29 is 9.72 Å². The fraction of sp³-hybridized carbons (Fsp3) is 0. The summed E-state index contributed by atoms with van der Waals surface area (Å²) in [6.07, 6.45) is 3.36. The number of amides is 1. The molecule has 11 heteroatoms. The van der Waals surface area contributed by atoms with Crippen LogP contribution in [0.4, 0.5) is 11.4 Å². The molecule has 0 radical (unpaired) electrons. The van der Waals surface area contributed by atoms with Gasteiger partial charge in [0.25, 0.3) is 11.6 Å². The number of aromatic nitrogens is 5. The van der Waals surface area contributed by atoms with Gasteiger partial charge in [-0.25, -0.2) is 0 Å². The third-order valence-corrected chi connectivity index (χ3v) is 5.26. The van der Waals surface area contributed by atoms with Gasteiger partial charge in [0.2, 0.25) is 0 Å². The minimum atomic E-state index is -0.632. The van der Waals surface area contributed by atoms with Crippen molar-refractivity contribution >= 4 is 34.5 Å². The van der Waals surface area contributed by atoms with Crippen LogP contribution in [0.25, 0.3) is 28.3 Å². The molecule has 166 valence electrons. The maximum Gasteiger partial charge on any atom is 0.282 e. The summed E-state index contributed by atoms with van der Waals surface area (Å²) in [7, 11) is 0. The molecule has 0 saturated carbocycles. The van der Waals surface area contributed by atoms with Crippen LogP contribution >= 0.6 is 11.6 Å². The van der Waals surface area contributed by atoms with Gasteiger partial charge >= 0.3 is 0 Å². The molecule has 5 rings (SSSR count). The molecule has 0 spiro atoms. The summed E-state index contributed by atoms with van der Waals surface area (Å²) in [5.41, 5.74) is 2.85. The van der Waals surface area contributed by atoms with Gasteiger partial charge in [0.15, 0.2) is 11.5 Å². The van der Waals surface area contributed by atoms with E-state index in [9.17, 15) is 14.9 Å². The van der Waals surface area contributed by atoms with Gasteiger partial charge in [0, 0.05) is 40.3 Å². The second-order valence-electron chi connectivity index (χ2n) is 7.20. The van der Waals surface area contributed by atoms with Crippen molar-refractivity contribution in [2.24, 2.45) is 0 Å². The van der Waals surface area contributed by atoms with E-state index < -0.39 is 10.8 Å². The summed E-state index contributed by atoms with van der Waals surface area (Å²) in [5, 5.41) is 27.1. The van der Waals surface area contributed by atoms with Crippen LogP contribution in [-0.2, 0) is 0 Å². The Labute approximate surface area is 197 Å². The summed E-state index contributed by atoms with van der Waals surface area (Å²) in [6, 6.07) is 18.1. The molecule has 1 N–H and O–H groups in total. The van der Waals surface area contributed by atoms with E-state index in [1.165, 1.54) is 18.2 Å². The van der Waals surface area contributed by atoms with Crippen LogP contribution in [0, 0.1) is 10.1 Å². The first kappa shape index (κ1) is 21.2. The Morgan fingerprint density at radius 2 is 1.82 bits per heavy atom. The number of carbonyl (C=O) groups is 1. The fourth-order valence-corrected chi connectivity index (χ4v) is 3.56. The standard InChI is InChI=1S/C23H14ClN7O3/c24-16-5-9-20(31(33)34)18(12-16)23(32)26-17-6-3-14(4-7-17)19-8-10-21-27-28-22(30(21)29-19)15-2-1-11-25-13-15/h1-13H,(H,26,32). The molecular weight excluding hydrogens is 458 g/mol. The highest BCUT2D eigenvalue weighted by Crippen LogP contribution is 2.25. The number of halogens is 1. The molecule has 0 saturated heterocycles. The van der Waals surface area contributed by atoms with Crippen LogP contribution in [0.3, 0.4) is 0 Å². The van der Waals surface area contributed by atoms with E-state index in [1.54, 1.807) is 41.2 Å². The van der Waals surface area contributed by atoms with E-state index >= 15 is 0 Å². The lowest BCUT2D eigenvalue weighted by Crippen LogP contribution is -2.14. The number of nitrogens with one attached hydrogen (secondary N) is 1. The molecule has 10 nitrogen and oxygen atoms in total. The van der Waals surface area contributed by atoms with Gasteiger partial charge in [-0.15, -0.1) is 10.2 Å². The van der Waals surface area contributed by atoms with E-state index in [0.717, 1.165) is 11.1 Å². The van der Waals surface area contributed by atoms with Crippen LogP contribution < -0.4 is 5.32 Å². The van der Waals surface area contributed by atoms with Gasteiger partial charge in [-0.3, -0.25) is 19.9 Å². The number of nitrogens with zero attached hydrogens (tertiary/aromatic N) is 6. The van der Waals surface area contributed by atoms with E-state index in [-0.39, 0.29) is 16.3 Å². The Balaban J connectivity index is 1.41. The average Bonchev–Trinajstić information content (AvgIpc) is 3.28. The summed E-state index contributed by atoms with van der Waals surface area (Å²) in [4.78, 5) is 27.4. The number of nitro groups is 1. The number of hydrogen-bond acceptors (Lipinski definition) is 7. The van der Waals surface area contributed by atoms with Gasteiger partial charge in [-0.2, -0.15) is 9.61 Å². The number of anilines is 1. The van der Waals surface area contributed by atoms with Crippen molar-refractivity contribution in [3.63, 3.8) is 0 Å². The number of hydrogen-bond donors (Lipinski definition) is 1. The SMILES string of the molecule is O=C(Nc1ccc(-c2ccc3nnc(-c4cccnc4)n3n2)cc1)c1cc(Cl)ccc1[N+](=O)[O-]. The highest BCUT2D eigenvalue weighted by Gasteiger charge is 2.20. The molecular formula is C23H14ClN7O3. The van der Waals surface area contributed by atoms with Crippen LogP contribution in [0.5, 0.6) is 0 Å². The summed E-state index contributed by atoms with van der Waals surface area (Å²) >= 11 is 5.92. The monoisotopic (exact) mass is 471 g/mol. The summed E-state index contributed by atoms with van der Waals surface area (Å²) < 4.78 is 1.64. The smallest absolute Gasteiger partial charge is 0.282 e. The quantitative estimate of drug-likeness (QED) is 0.291. The number of rotatable bonds is 5. The first-order chi connectivity index (χ1) is 16.5. The normalized spacial score (nSPS) is 10.9. The molecule has 0 unspecified atom stereocenters. The van der Waals surface area contributed by atoms with Gasteiger partial charge < -0.3 is 5.32 Å². The second kappa shape index (κ2) is 8.68. The molecule has 34 heavy (non-hydrogen) atoms. The van der Waals surface area contributed by atoms with Crippen molar-refractivity contribution in [1.82, 2.24) is 24.8 Å². The predicted octanol–water partition coefficient (Wildman–Crippen LogP) is 4.67. The van der Waals surface area contributed by atoms with Crippen LogP contribution in [-0.4, -0.2) is 35.6 Å². The van der Waals surface area contributed by atoms with Crippen LogP contribution in [0.1, 0.15) is 10.4 Å². The van der Waals surface area contributed by atoms with E-state index in [4.69, 9.17) is 11.6 Å². The minimum absolute atomic E-state index is 0.121. The number of carbonyl (C=O) groups excluding carboxylic acids is 1. The molecule has 0 fully saturated rings. The predicted molar refractivity (Wildman–Crippen MR) is 126 cm³/mol. The maximum absolute atomic E-state index is 12.6. The zero-order chi connectivity index (χ0) is 23.7. The number of nitro benzene ring substituents is 1. The van der Waals surface area contributed by atoms with Gasteiger partial charge in [0.05, 0.1) is 10.6 Å². The molecule has 0 atom stereocenters. The second-order valence-corrected chi connectivity index (χ2v) is 7.64. The third kappa shape index (κ3) is 4.05. The Bertz CT molecular complexity index is 1540. The van der Waals surface area contributed by atoms with Crippen molar-refractivity contribution in [2.75, 3.05) is 5.32 Å². The van der Waals surface area contributed by atoms with Crippen LogP contribution in [0.15, 0.2) is 79.1 Å². The van der Waals surface area contributed by atoms with Gasteiger partial charge in [-0.1, -0.05) is 23.7 Å². The molecule has 2 aromatic carbocycles. The Hall–Kier alpha value is -4.70. The van der Waals surface area contributed by atoms with Crippen molar-refractivity contribution in [3.05, 3.63) is 99.8 Å². The summed E-state index contributed by atoms with van der Waals surface area (Å²) in [6.45, 7) is 0. The average molecular weight is 472 g/mol. The van der Waals surface area contributed by atoms with E-state index in [2.05, 4.69) is 25.6 Å². The lowest BCUT2D eigenvalue weighted by Gasteiger charge is -2.08. The van der Waals surface area contributed by atoms with Crippen molar-refractivity contribution in [3.8, 4) is 22.6 Å². The van der Waals surface area contributed by atoms with Crippen LogP contribution in [0.2, 0.25) is 5.02 Å². The van der Waals surface area contributed by atoms with Gasteiger partial charge in [-0.05, 0) is 48.5 Å². The maximum atomic E-state index is 12.6. The lowest BCUT2D eigenvalue weighted by molar-refractivity contribution is -0.385. The highest BCUT2D eigenvalue weighted by molar-refractivity contribution is 6.31. The Kier molecular flexibility index (Phi) is 5.40. The molecule has 3 heterocycles. The molecule has 0 aliphatic heterocycles. The third-order valence-electron chi connectivity index (χ3n) is 5.02. The molecule has 5 aromatic rings. The highest BCUT2D eigenvalue weighted by atomic mass is 35.5. The Morgan fingerprint density at radius 1 is 1.00 bits per heavy atom. The zero-order valence-corrected chi connectivity index (χ0v) is 18.0. The lowest BCUT2D eigenvalue weighted by atomic mass is 10.1. The molecule has 1 amide bonds. The fourth-order valence-electron chi connectivity index (χ4n) is 3.39. The van der Waals surface area contributed by atoms with Crippen molar-refractivity contribution in [2.45, 2.75) is 0 Å².